The first-order chi connectivity index (χ1) is 11.2. The molecule has 121 valence electrons. The van der Waals surface area contributed by atoms with Crippen LogP contribution in [0.3, 0.4) is 0 Å². The number of aromatic nitrogens is 2. The molecule has 0 unspecified atom stereocenters. The number of hydrogen-bond donors (Lipinski definition) is 1. The molecule has 23 heavy (non-hydrogen) atoms. The van der Waals surface area contributed by atoms with Crippen LogP contribution >= 0.6 is 11.6 Å². The maximum atomic E-state index is 6.20. The third kappa shape index (κ3) is 3.94. The van der Waals surface area contributed by atoms with E-state index in [1.807, 2.05) is 25.1 Å². The van der Waals surface area contributed by atoms with Crippen LogP contribution in [0.25, 0.3) is 0 Å². The van der Waals surface area contributed by atoms with Crippen molar-refractivity contribution < 1.29 is 0 Å². The maximum Gasteiger partial charge on any atom is 0.229 e. The van der Waals surface area contributed by atoms with Gasteiger partial charge < -0.3 is 10.2 Å². The highest BCUT2D eigenvalue weighted by atomic mass is 35.5. The smallest absolute Gasteiger partial charge is 0.229 e. The Hall–Kier alpha value is -1.81. The second-order valence-corrected chi connectivity index (χ2v) is 6.31. The van der Waals surface area contributed by atoms with Crippen molar-refractivity contribution in [1.29, 1.82) is 0 Å². The zero-order chi connectivity index (χ0) is 16.2. The number of nitrogens with one attached hydrogen (secondary N) is 1. The summed E-state index contributed by atoms with van der Waals surface area (Å²) < 4.78 is 0. The highest BCUT2D eigenvalue weighted by Crippen LogP contribution is 2.26. The van der Waals surface area contributed by atoms with E-state index in [1.165, 1.54) is 6.42 Å². The summed E-state index contributed by atoms with van der Waals surface area (Å²) in [6.07, 6.45) is 4.32. The highest BCUT2D eigenvalue weighted by molar-refractivity contribution is 6.31. The van der Waals surface area contributed by atoms with E-state index in [4.69, 9.17) is 11.6 Å². The molecule has 0 amide bonds. The normalized spacial score (nSPS) is 14.3. The molecule has 1 aliphatic heterocycles. The van der Waals surface area contributed by atoms with Crippen molar-refractivity contribution >= 4 is 29.1 Å². The van der Waals surface area contributed by atoms with E-state index in [2.05, 4.69) is 39.7 Å². The molecule has 4 nitrogen and oxygen atoms in total. The van der Waals surface area contributed by atoms with E-state index >= 15 is 0 Å². The molecule has 1 aromatic heterocycles. The molecule has 0 saturated carbocycles. The van der Waals surface area contributed by atoms with E-state index in [9.17, 15) is 0 Å². The Morgan fingerprint density at radius 3 is 2.83 bits per heavy atom. The van der Waals surface area contributed by atoms with Gasteiger partial charge in [0.15, 0.2) is 0 Å². The Labute approximate surface area is 142 Å². The minimum Gasteiger partial charge on any atom is -0.351 e. The van der Waals surface area contributed by atoms with Crippen LogP contribution in [0.5, 0.6) is 0 Å². The van der Waals surface area contributed by atoms with Crippen LogP contribution in [0, 0.1) is 13.5 Å². The third-order valence-electron chi connectivity index (χ3n) is 3.95. The van der Waals surface area contributed by atoms with Crippen molar-refractivity contribution in [2.24, 2.45) is 0 Å². The lowest BCUT2D eigenvalue weighted by Crippen LogP contribution is -2.17. The fraction of sp³-hybridized carbons (Fsp3) is 0.389. The number of rotatable bonds is 5. The molecule has 0 atom stereocenters. The average molecular weight is 330 g/mol. The molecule has 1 aliphatic rings. The lowest BCUT2D eigenvalue weighted by molar-refractivity contribution is 0.866. The molecule has 1 saturated heterocycles. The summed E-state index contributed by atoms with van der Waals surface area (Å²) in [5.74, 6) is 1.60. The summed E-state index contributed by atoms with van der Waals surface area (Å²) in [7, 11) is 0. The number of halogens is 1. The summed E-state index contributed by atoms with van der Waals surface area (Å²) in [6, 6.07) is 8.00. The van der Waals surface area contributed by atoms with Gasteiger partial charge in [0.2, 0.25) is 5.95 Å². The second kappa shape index (κ2) is 7.18. The van der Waals surface area contributed by atoms with Gasteiger partial charge >= 0.3 is 0 Å². The molecule has 1 radical (unpaired) electrons. The van der Waals surface area contributed by atoms with Gasteiger partial charge in [0.05, 0.1) is 6.54 Å². The van der Waals surface area contributed by atoms with E-state index in [-0.39, 0.29) is 0 Å². The van der Waals surface area contributed by atoms with E-state index in [0.717, 1.165) is 53.6 Å². The minimum atomic E-state index is 0.631. The number of aryl methyl sites for hydroxylation is 2. The topological polar surface area (TPSA) is 41.1 Å². The molecule has 1 N–H and O–H groups in total. The van der Waals surface area contributed by atoms with Crippen LogP contribution in [-0.2, 0) is 6.42 Å². The highest BCUT2D eigenvalue weighted by Gasteiger charge is 2.16. The Balaban J connectivity index is 1.88. The molecule has 3 rings (SSSR count). The molecule has 0 spiro atoms. The lowest BCUT2D eigenvalue weighted by Gasteiger charge is -2.18. The van der Waals surface area contributed by atoms with Crippen molar-refractivity contribution in [1.82, 2.24) is 9.97 Å². The van der Waals surface area contributed by atoms with Crippen LogP contribution in [0.2, 0.25) is 5.02 Å². The fourth-order valence-electron chi connectivity index (χ4n) is 2.68. The van der Waals surface area contributed by atoms with Crippen molar-refractivity contribution in [2.75, 3.05) is 16.8 Å². The number of hydrogen-bond acceptors (Lipinski definition) is 4. The maximum absolute atomic E-state index is 6.20. The first kappa shape index (κ1) is 16.1. The predicted molar refractivity (Wildman–Crippen MR) is 96.4 cm³/mol. The van der Waals surface area contributed by atoms with Gasteiger partial charge in [-0.05, 0) is 43.9 Å². The fourth-order valence-corrected chi connectivity index (χ4v) is 2.86. The number of anilines is 3. The van der Waals surface area contributed by atoms with Crippen LogP contribution in [0.4, 0.5) is 17.5 Å². The van der Waals surface area contributed by atoms with Gasteiger partial charge in [0.25, 0.3) is 0 Å². The first-order valence-corrected chi connectivity index (χ1v) is 8.54. The summed E-state index contributed by atoms with van der Waals surface area (Å²) in [5.41, 5.74) is 3.04. The summed E-state index contributed by atoms with van der Waals surface area (Å²) in [6.45, 7) is 7.39. The predicted octanol–water partition coefficient (Wildman–Crippen LogP) is 4.90. The standard InChI is InChI=1S/C18H22ClN4/c1-3-6-14-12-17(23-9-4-5-10-23)22-18(20-14)21-15-8-7-13(2)16(19)11-15/h7-9,11-12H,3-6,10H2,1-2H3,(H,20,21,22). The zero-order valence-corrected chi connectivity index (χ0v) is 14.4. The molecule has 2 heterocycles. The van der Waals surface area contributed by atoms with Gasteiger partial charge in [-0.3, -0.25) is 0 Å². The molecule has 2 aromatic rings. The van der Waals surface area contributed by atoms with Gasteiger partial charge in [-0.1, -0.05) is 31.0 Å². The van der Waals surface area contributed by atoms with Gasteiger partial charge in [0.1, 0.15) is 5.82 Å². The molecule has 0 bridgehead atoms. The molecule has 1 aromatic carbocycles. The third-order valence-corrected chi connectivity index (χ3v) is 4.35. The zero-order valence-electron chi connectivity index (χ0n) is 13.6. The van der Waals surface area contributed by atoms with Crippen molar-refractivity contribution in [3.05, 3.63) is 47.1 Å². The quantitative estimate of drug-likeness (QED) is 0.847. The van der Waals surface area contributed by atoms with Crippen LogP contribution in [0.1, 0.15) is 37.4 Å². The van der Waals surface area contributed by atoms with Gasteiger partial charge in [-0.25, -0.2) is 4.98 Å². The second-order valence-electron chi connectivity index (χ2n) is 5.90. The number of benzene rings is 1. The Bertz CT molecular complexity index is 681. The Kier molecular flexibility index (Phi) is 5.01. The van der Waals surface area contributed by atoms with Gasteiger partial charge in [0, 0.05) is 29.0 Å². The monoisotopic (exact) mass is 329 g/mol. The van der Waals surface area contributed by atoms with Crippen molar-refractivity contribution in [3.63, 3.8) is 0 Å². The summed E-state index contributed by atoms with van der Waals surface area (Å²) >= 11 is 6.20. The number of nitrogens with zero attached hydrogens (tertiary/aromatic N) is 3. The molecule has 0 aliphatic carbocycles. The molecular weight excluding hydrogens is 308 g/mol. The average Bonchev–Trinajstić information content (AvgIpc) is 3.06. The van der Waals surface area contributed by atoms with Crippen molar-refractivity contribution in [2.45, 2.75) is 39.5 Å². The van der Waals surface area contributed by atoms with E-state index < -0.39 is 0 Å². The van der Waals surface area contributed by atoms with E-state index in [0.29, 0.717) is 5.95 Å². The Morgan fingerprint density at radius 1 is 1.26 bits per heavy atom. The summed E-state index contributed by atoms with van der Waals surface area (Å²) in [4.78, 5) is 11.5. The Morgan fingerprint density at radius 2 is 2.13 bits per heavy atom. The van der Waals surface area contributed by atoms with E-state index in [1.54, 1.807) is 0 Å². The minimum absolute atomic E-state index is 0.631. The molecule has 5 heteroatoms. The van der Waals surface area contributed by atoms with Crippen LogP contribution in [-0.4, -0.2) is 16.5 Å². The molecule has 1 fully saturated rings. The molecular formula is C18H22ClN4. The largest absolute Gasteiger partial charge is 0.351 e. The van der Waals surface area contributed by atoms with Crippen LogP contribution in [0.15, 0.2) is 24.3 Å². The first-order valence-electron chi connectivity index (χ1n) is 8.17. The SMILES string of the molecule is CCCc1cc(N2[CH]CCC2)nc(Nc2ccc(C)c(Cl)c2)n1. The van der Waals surface area contributed by atoms with Gasteiger partial charge in [-0.15, -0.1) is 0 Å². The van der Waals surface area contributed by atoms with Crippen molar-refractivity contribution in [3.8, 4) is 0 Å². The summed E-state index contributed by atoms with van der Waals surface area (Å²) in [5, 5.41) is 4.03. The van der Waals surface area contributed by atoms with Crippen LogP contribution < -0.4 is 10.2 Å². The lowest BCUT2D eigenvalue weighted by atomic mass is 10.2. The van der Waals surface area contributed by atoms with Gasteiger partial charge in [-0.2, -0.15) is 4.98 Å².